The minimum atomic E-state index is -2.16. The molecule has 0 aromatic rings. The first-order valence-corrected chi connectivity index (χ1v) is 4.24. The van der Waals surface area contributed by atoms with Crippen LogP contribution in [0.3, 0.4) is 0 Å². The Labute approximate surface area is 66.0 Å². The van der Waals surface area contributed by atoms with Crippen molar-refractivity contribution in [3.63, 3.8) is 0 Å². The highest BCUT2D eigenvalue weighted by atomic mass is 19.3. The fourth-order valence-corrected chi connectivity index (χ4v) is 1.86. The van der Waals surface area contributed by atoms with Gasteiger partial charge in [0.15, 0.2) is 0 Å². The van der Waals surface area contributed by atoms with Crippen LogP contribution in [-0.2, 0) is 0 Å². The van der Waals surface area contributed by atoms with E-state index in [1.54, 1.807) is 0 Å². The van der Waals surface area contributed by atoms with Gasteiger partial charge in [0.1, 0.15) is 0 Å². The maximum absolute atomic E-state index is 12.3. The number of halogens is 2. The third-order valence-electron chi connectivity index (χ3n) is 2.59. The molecule has 0 bridgehead atoms. The molecule has 1 saturated carbocycles. The van der Waals surface area contributed by atoms with Gasteiger partial charge in [-0.1, -0.05) is 12.8 Å². The Morgan fingerprint density at radius 2 is 1.91 bits per heavy atom. The quantitative estimate of drug-likeness (QED) is 0.662. The van der Waals surface area contributed by atoms with Gasteiger partial charge >= 0.3 is 0 Å². The molecule has 0 aromatic carbocycles. The van der Waals surface area contributed by atoms with Gasteiger partial charge in [-0.05, 0) is 25.3 Å². The van der Waals surface area contributed by atoms with E-state index in [4.69, 9.17) is 5.73 Å². The van der Waals surface area contributed by atoms with Crippen molar-refractivity contribution in [3.8, 4) is 0 Å². The molecule has 1 aliphatic rings. The molecule has 3 heteroatoms. The summed E-state index contributed by atoms with van der Waals surface area (Å²) in [5.74, 6) is -0.350. The van der Waals surface area contributed by atoms with Crippen LogP contribution in [-0.4, -0.2) is 13.0 Å². The average Bonchev–Trinajstić information content (AvgIpc) is 2.04. The number of hydrogen-bond acceptors (Lipinski definition) is 1. The summed E-state index contributed by atoms with van der Waals surface area (Å²) >= 11 is 0. The zero-order valence-corrected chi connectivity index (χ0v) is 6.60. The van der Waals surface area contributed by atoms with Crippen LogP contribution in [0.5, 0.6) is 0 Å². The van der Waals surface area contributed by atoms with Crippen molar-refractivity contribution in [2.45, 2.75) is 32.1 Å². The van der Waals surface area contributed by atoms with E-state index in [-0.39, 0.29) is 5.92 Å². The van der Waals surface area contributed by atoms with E-state index in [1.165, 1.54) is 0 Å². The van der Waals surface area contributed by atoms with Crippen LogP contribution in [0, 0.1) is 11.8 Å². The van der Waals surface area contributed by atoms with Crippen LogP contribution in [0.25, 0.3) is 0 Å². The van der Waals surface area contributed by atoms with Gasteiger partial charge in [0.25, 0.3) is 0 Å². The minimum absolute atomic E-state index is 0.0729. The van der Waals surface area contributed by atoms with Crippen LogP contribution in [0.15, 0.2) is 0 Å². The Morgan fingerprint density at radius 3 is 2.36 bits per heavy atom. The van der Waals surface area contributed by atoms with Gasteiger partial charge in [-0.15, -0.1) is 0 Å². The second kappa shape index (κ2) is 4.00. The molecule has 0 spiro atoms. The van der Waals surface area contributed by atoms with Crippen molar-refractivity contribution in [2.24, 2.45) is 17.6 Å². The Kier molecular flexibility index (Phi) is 3.24. The van der Waals surface area contributed by atoms with Crippen molar-refractivity contribution in [3.05, 3.63) is 0 Å². The Balaban J connectivity index is 2.44. The van der Waals surface area contributed by atoms with E-state index in [2.05, 4.69) is 0 Å². The summed E-state index contributed by atoms with van der Waals surface area (Å²) in [7, 11) is 0. The molecule has 1 aliphatic carbocycles. The highest BCUT2D eigenvalue weighted by Gasteiger charge is 2.30. The van der Waals surface area contributed by atoms with E-state index in [9.17, 15) is 8.78 Å². The fraction of sp³-hybridized carbons (Fsp3) is 1.00. The lowest BCUT2D eigenvalue weighted by Gasteiger charge is -2.29. The van der Waals surface area contributed by atoms with E-state index >= 15 is 0 Å². The molecule has 0 saturated heterocycles. The van der Waals surface area contributed by atoms with Crippen LogP contribution in [0.4, 0.5) is 8.78 Å². The molecule has 1 rings (SSSR count). The normalized spacial score (nSPS) is 32.7. The average molecular weight is 163 g/mol. The van der Waals surface area contributed by atoms with E-state index in [1.807, 2.05) is 0 Å². The lowest BCUT2D eigenvalue weighted by atomic mass is 9.79. The summed E-state index contributed by atoms with van der Waals surface area (Å²) in [5.41, 5.74) is 5.40. The summed E-state index contributed by atoms with van der Waals surface area (Å²) in [6.45, 7) is 0.426. The predicted molar refractivity (Wildman–Crippen MR) is 40.5 cm³/mol. The monoisotopic (exact) mass is 163 g/mol. The Morgan fingerprint density at radius 1 is 1.27 bits per heavy atom. The lowest BCUT2D eigenvalue weighted by molar-refractivity contribution is 0.0240. The molecular weight excluding hydrogens is 148 g/mol. The highest BCUT2D eigenvalue weighted by Crippen LogP contribution is 2.33. The van der Waals surface area contributed by atoms with Crippen molar-refractivity contribution >= 4 is 0 Å². The molecule has 0 aromatic heterocycles. The zero-order valence-electron chi connectivity index (χ0n) is 6.60. The van der Waals surface area contributed by atoms with Crippen LogP contribution >= 0.6 is 0 Å². The summed E-state index contributed by atoms with van der Waals surface area (Å²) in [4.78, 5) is 0. The fourth-order valence-electron chi connectivity index (χ4n) is 1.86. The van der Waals surface area contributed by atoms with Crippen molar-refractivity contribution < 1.29 is 8.78 Å². The lowest BCUT2D eigenvalue weighted by Crippen LogP contribution is -2.31. The van der Waals surface area contributed by atoms with Gasteiger partial charge < -0.3 is 5.73 Å². The van der Waals surface area contributed by atoms with E-state index < -0.39 is 12.3 Å². The van der Waals surface area contributed by atoms with Crippen LogP contribution in [0.2, 0.25) is 0 Å². The molecule has 1 fully saturated rings. The molecule has 2 N–H and O–H groups in total. The molecule has 0 radical (unpaired) electrons. The smallest absolute Gasteiger partial charge is 0.241 e. The number of alkyl halides is 2. The molecule has 11 heavy (non-hydrogen) atoms. The number of rotatable bonds is 2. The topological polar surface area (TPSA) is 26.0 Å². The van der Waals surface area contributed by atoms with Crippen molar-refractivity contribution in [2.75, 3.05) is 6.54 Å². The van der Waals surface area contributed by atoms with Gasteiger partial charge in [-0.2, -0.15) is 0 Å². The molecule has 66 valence electrons. The first kappa shape index (κ1) is 8.91. The van der Waals surface area contributed by atoms with Gasteiger partial charge in [0.05, 0.1) is 0 Å². The summed E-state index contributed by atoms with van der Waals surface area (Å²) in [6.07, 6.45) is 1.42. The minimum Gasteiger partial charge on any atom is -0.330 e. The summed E-state index contributed by atoms with van der Waals surface area (Å²) in [6, 6.07) is 0. The van der Waals surface area contributed by atoms with Gasteiger partial charge in [0, 0.05) is 5.92 Å². The largest absolute Gasteiger partial charge is 0.330 e. The van der Waals surface area contributed by atoms with Gasteiger partial charge in [-0.3, -0.25) is 0 Å². The molecule has 0 heterocycles. The van der Waals surface area contributed by atoms with E-state index in [0.717, 1.165) is 19.3 Å². The maximum atomic E-state index is 12.3. The molecule has 0 amide bonds. The standard InChI is InChI=1S/C8H15F2N/c9-8(10)7-4-2-1-3-6(7)5-11/h6-8H,1-5,11H2/t6-,7+/m0/s1. The third-order valence-corrected chi connectivity index (χ3v) is 2.59. The van der Waals surface area contributed by atoms with Crippen molar-refractivity contribution in [1.29, 1.82) is 0 Å². The van der Waals surface area contributed by atoms with Crippen LogP contribution in [0.1, 0.15) is 25.7 Å². The number of hydrogen-bond donors (Lipinski definition) is 1. The molecule has 1 nitrogen and oxygen atoms in total. The predicted octanol–water partition coefficient (Wildman–Crippen LogP) is 2.02. The zero-order chi connectivity index (χ0) is 8.27. The third kappa shape index (κ3) is 2.12. The molecule has 0 aliphatic heterocycles. The van der Waals surface area contributed by atoms with E-state index in [0.29, 0.717) is 13.0 Å². The van der Waals surface area contributed by atoms with Crippen molar-refractivity contribution in [1.82, 2.24) is 0 Å². The SMILES string of the molecule is NC[C@@H]1CCCC[C@H]1C(F)F. The Bertz CT molecular complexity index is 117. The first-order chi connectivity index (χ1) is 5.25. The summed E-state index contributed by atoms with van der Waals surface area (Å²) < 4.78 is 24.6. The second-order valence-electron chi connectivity index (χ2n) is 3.28. The molecule has 0 unspecified atom stereocenters. The second-order valence-corrected chi connectivity index (χ2v) is 3.28. The van der Waals surface area contributed by atoms with Gasteiger partial charge in [0.2, 0.25) is 6.43 Å². The number of nitrogens with two attached hydrogens (primary N) is 1. The summed E-state index contributed by atoms with van der Waals surface area (Å²) in [5, 5.41) is 0. The molecule has 2 atom stereocenters. The molecular formula is C8H15F2N. The first-order valence-electron chi connectivity index (χ1n) is 4.24. The van der Waals surface area contributed by atoms with Gasteiger partial charge in [-0.25, -0.2) is 8.78 Å². The maximum Gasteiger partial charge on any atom is 0.241 e. The Hall–Kier alpha value is -0.180. The highest BCUT2D eigenvalue weighted by molar-refractivity contribution is 4.77. The van der Waals surface area contributed by atoms with Crippen LogP contribution < -0.4 is 5.73 Å².